The second kappa shape index (κ2) is 4.27. The summed E-state index contributed by atoms with van der Waals surface area (Å²) in [5.41, 5.74) is 1.41. The maximum absolute atomic E-state index is 11.8. The third-order valence-electron chi connectivity index (χ3n) is 2.81. The predicted octanol–water partition coefficient (Wildman–Crippen LogP) is 3.24. The van der Waals surface area contributed by atoms with Gasteiger partial charge >= 0.3 is 0 Å². The minimum atomic E-state index is -0.268. The van der Waals surface area contributed by atoms with Gasteiger partial charge < -0.3 is 0 Å². The first-order valence-electron chi connectivity index (χ1n) is 5.50. The summed E-state index contributed by atoms with van der Waals surface area (Å²) in [6.07, 6.45) is 0. The Morgan fingerprint density at radius 3 is 2.56 bits per heavy atom. The minimum absolute atomic E-state index is 0.268. The van der Waals surface area contributed by atoms with Crippen molar-refractivity contribution in [1.29, 1.82) is 0 Å². The summed E-state index contributed by atoms with van der Waals surface area (Å²) in [7, 11) is 0. The van der Waals surface area contributed by atoms with E-state index in [2.05, 4.69) is 10.2 Å². The van der Waals surface area contributed by atoms with Gasteiger partial charge in [0.05, 0.1) is 16.1 Å². The van der Waals surface area contributed by atoms with Crippen LogP contribution in [-0.4, -0.2) is 10.2 Å². The van der Waals surface area contributed by atoms with E-state index in [9.17, 15) is 4.79 Å². The molecule has 1 N–H and O–H groups in total. The topological polar surface area (TPSA) is 45.8 Å². The van der Waals surface area contributed by atoms with E-state index in [1.165, 1.54) is 0 Å². The summed E-state index contributed by atoms with van der Waals surface area (Å²) in [6, 6.07) is 15.1. The second-order valence-corrected chi connectivity index (χ2v) is 4.34. The molecule has 3 rings (SSSR count). The molecule has 0 unspecified atom stereocenters. The van der Waals surface area contributed by atoms with E-state index in [1.54, 1.807) is 6.07 Å². The van der Waals surface area contributed by atoms with E-state index in [0.29, 0.717) is 10.4 Å². The van der Waals surface area contributed by atoms with E-state index >= 15 is 0 Å². The molecule has 0 saturated carbocycles. The molecule has 0 spiro atoms. The normalized spacial score (nSPS) is 10.7. The molecule has 88 valence electrons. The van der Waals surface area contributed by atoms with Crippen LogP contribution in [0.15, 0.2) is 53.3 Å². The van der Waals surface area contributed by atoms with Gasteiger partial charge in [-0.2, -0.15) is 5.10 Å². The monoisotopic (exact) mass is 256 g/mol. The molecule has 0 aliphatic heterocycles. The largest absolute Gasteiger partial charge is 0.273 e. The second-order valence-electron chi connectivity index (χ2n) is 3.93. The van der Waals surface area contributed by atoms with Crippen LogP contribution in [-0.2, 0) is 0 Å². The van der Waals surface area contributed by atoms with Gasteiger partial charge in [0.2, 0.25) is 0 Å². The van der Waals surface area contributed by atoms with Gasteiger partial charge in [-0.3, -0.25) is 4.79 Å². The summed E-state index contributed by atoms with van der Waals surface area (Å²) < 4.78 is 0. The van der Waals surface area contributed by atoms with E-state index in [0.717, 1.165) is 16.6 Å². The Morgan fingerprint density at radius 1 is 1.00 bits per heavy atom. The minimum Gasteiger partial charge on any atom is -0.267 e. The van der Waals surface area contributed by atoms with Gasteiger partial charge in [-0.1, -0.05) is 54.1 Å². The van der Waals surface area contributed by atoms with Crippen LogP contribution in [0, 0.1) is 0 Å². The van der Waals surface area contributed by atoms with Crippen molar-refractivity contribution in [3.63, 3.8) is 0 Å². The molecule has 0 bridgehead atoms. The standard InChI is InChI=1S/C14H9ClN2O/c15-11-8-4-7-10-12(11)14(18)17-16-13(10)9-5-2-1-3-6-9/h1-8H,(H,17,18). The molecule has 3 aromatic rings. The molecule has 0 fully saturated rings. The number of aromatic nitrogens is 2. The van der Waals surface area contributed by atoms with Gasteiger partial charge in [0.25, 0.3) is 5.56 Å². The lowest BCUT2D eigenvalue weighted by Gasteiger charge is -2.05. The van der Waals surface area contributed by atoms with Crippen molar-refractivity contribution in [2.45, 2.75) is 0 Å². The number of hydrogen-bond donors (Lipinski definition) is 1. The van der Waals surface area contributed by atoms with Crippen molar-refractivity contribution < 1.29 is 0 Å². The van der Waals surface area contributed by atoms with Gasteiger partial charge in [0.15, 0.2) is 0 Å². The summed E-state index contributed by atoms with van der Waals surface area (Å²) >= 11 is 6.07. The number of fused-ring (bicyclic) bond motifs is 1. The number of nitrogens with zero attached hydrogens (tertiary/aromatic N) is 1. The highest BCUT2D eigenvalue weighted by Crippen LogP contribution is 2.27. The average molecular weight is 257 g/mol. The van der Waals surface area contributed by atoms with Crippen LogP contribution < -0.4 is 5.56 Å². The summed E-state index contributed by atoms with van der Waals surface area (Å²) in [6.45, 7) is 0. The number of nitrogens with one attached hydrogen (secondary N) is 1. The van der Waals surface area contributed by atoms with Gasteiger partial charge in [0.1, 0.15) is 0 Å². The van der Waals surface area contributed by atoms with E-state index in [-0.39, 0.29) is 5.56 Å². The third kappa shape index (κ3) is 1.69. The van der Waals surface area contributed by atoms with Crippen molar-refractivity contribution in [3.05, 3.63) is 63.9 Å². The van der Waals surface area contributed by atoms with Crippen molar-refractivity contribution in [3.8, 4) is 11.3 Å². The Balaban J connectivity index is 2.43. The van der Waals surface area contributed by atoms with Crippen LogP contribution in [0.25, 0.3) is 22.0 Å². The van der Waals surface area contributed by atoms with Gasteiger partial charge in [0, 0.05) is 10.9 Å². The molecule has 18 heavy (non-hydrogen) atoms. The highest BCUT2D eigenvalue weighted by molar-refractivity contribution is 6.35. The van der Waals surface area contributed by atoms with E-state index < -0.39 is 0 Å². The molecule has 1 heterocycles. The quantitative estimate of drug-likeness (QED) is 0.726. The third-order valence-corrected chi connectivity index (χ3v) is 3.13. The first-order chi connectivity index (χ1) is 8.77. The molecule has 0 aliphatic rings. The molecule has 0 saturated heterocycles. The zero-order chi connectivity index (χ0) is 12.5. The fraction of sp³-hybridized carbons (Fsp3) is 0. The number of rotatable bonds is 1. The van der Waals surface area contributed by atoms with Crippen LogP contribution in [0.3, 0.4) is 0 Å². The Morgan fingerprint density at radius 2 is 1.78 bits per heavy atom. The molecule has 4 heteroatoms. The summed E-state index contributed by atoms with van der Waals surface area (Å²) in [5, 5.41) is 8.29. The van der Waals surface area contributed by atoms with Crippen LogP contribution in [0.1, 0.15) is 0 Å². The van der Waals surface area contributed by atoms with Gasteiger partial charge in [-0.05, 0) is 6.07 Å². The van der Waals surface area contributed by atoms with Gasteiger partial charge in [-0.15, -0.1) is 0 Å². The van der Waals surface area contributed by atoms with Crippen molar-refractivity contribution in [1.82, 2.24) is 10.2 Å². The zero-order valence-corrected chi connectivity index (χ0v) is 10.1. The number of hydrogen-bond acceptors (Lipinski definition) is 2. The van der Waals surface area contributed by atoms with Crippen LogP contribution in [0.4, 0.5) is 0 Å². The first kappa shape index (κ1) is 11.0. The molecule has 0 atom stereocenters. The predicted molar refractivity (Wildman–Crippen MR) is 72.8 cm³/mol. The van der Waals surface area contributed by atoms with E-state index in [4.69, 9.17) is 11.6 Å². The fourth-order valence-corrected chi connectivity index (χ4v) is 2.25. The molecule has 0 aliphatic carbocycles. The SMILES string of the molecule is O=c1[nH]nc(-c2ccccc2)c2cccc(Cl)c12. The smallest absolute Gasteiger partial charge is 0.267 e. The zero-order valence-electron chi connectivity index (χ0n) is 9.35. The molecule has 0 amide bonds. The Labute approximate surface area is 108 Å². The Hall–Kier alpha value is -2.13. The van der Waals surface area contributed by atoms with Crippen LogP contribution >= 0.6 is 11.6 Å². The molecule has 3 nitrogen and oxygen atoms in total. The van der Waals surface area contributed by atoms with Crippen molar-refractivity contribution in [2.24, 2.45) is 0 Å². The fourth-order valence-electron chi connectivity index (χ4n) is 1.99. The van der Waals surface area contributed by atoms with Crippen molar-refractivity contribution in [2.75, 3.05) is 0 Å². The highest BCUT2D eigenvalue weighted by Gasteiger charge is 2.10. The van der Waals surface area contributed by atoms with Gasteiger partial charge in [-0.25, -0.2) is 5.10 Å². The molecular weight excluding hydrogens is 248 g/mol. The number of aromatic amines is 1. The Kier molecular flexibility index (Phi) is 2.61. The van der Waals surface area contributed by atoms with Crippen molar-refractivity contribution >= 4 is 22.4 Å². The molecule has 0 radical (unpaired) electrons. The first-order valence-corrected chi connectivity index (χ1v) is 5.87. The summed E-state index contributed by atoms with van der Waals surface area (Å²) in [4.78, 5) is 11.8. The Bertz CT molecular complexity index is 766. The lowest BCUT2D eigenvalue weighted by atomic mass is 10.1. The van der Waals surface area contributed by atoms with Crippen LogP contribution in [0.2, 0.25) is 5.02 Å². The lowest BCUT2D eigenvalue weighted by Crippen LogP contribution is -2.09. The number of halogens is 1. The average Bonchev–Trinajstić information content (AvgIpc) is 2.40. The molecule has 1 aromatic heterocycles. The number of H-pyrrole nitrogens is 1. The highest BCUT2D eigenvalue weighted by atomic mass is 35.5. The van der Waals surface area contributed by atoms with Crippen LogP contribution in [0.5, 0.6) is 0 Å². The maximum Gasteiger partial charge on any atom is 0.273 e. The lowest BCUT2D eigenvalue weighted by molar-refractivity contribution is 1.02. The molecular formula is C14H9ClN2O. The van der Waals surface area contributed by atoms with E-state index in [1.807, 2.05) is 42.5 Å². The molecule has 2 aromatic carbocycles. The maximum atomic E-state index is 11.8. The summed E-state index contributed by atoms with van der Waals surface area (Å²) in [5.74, 6) is 0. The number of benzene rings is 2.